The molecule has 0 aromatic heterocycles. The van der Waals surface area contributed by atoms with Gasteiger partial charge in [0.2, 0.25) is 0 Å². The Balaban J connectivity index is 4.08. The van der Waals surface area contributed by atoms with Gasteiger partial charge in [0, 0.05) is 6.42 Å². The van der Waals surface area contributed by atoms with Crippen LogP contribution >= 0.6 is 0 Å². The molecule has 0 fully saturated rings. The Kier molecular flexibility index (Phi) is 4.36. The van der Waals surface area contributed by atoms with Crippen LogP contribution in [-0.4, -0.2) is 28.8 Å². The molecule has 0 aromatic rings. The molecule has 0 rings (SSSR count). The Hall–Kier alpha value is -0.610. The molecule has 0 amide bonds. The molecule has 1 atom stereocenters. The number of carboxylic acid groups (broad SMARTS) is 1. The number of aliphatic carboxylic acids is 1. The summed E-state index contributed by atoms with van der Waals surface area (Å²) in [5, 5.41) is 8.60. The Bertz CT molecular complexity index is 178. The topological polar surface area (TPSA) is 72.5 Å². The molecule has 0 radical (unpaired) electrons. The van der Waals surface area contributed by atoms with Crippen molar-refractivity contribution in [2.75, 3.05) is 0 Å². The molecule has 78 valence electrons. The Morgan fingerprint density at radius 3 is 2.31 bits per heavy atom. The second-order valence-corrected chi connectivity index (χ2v) is 4.08. The van der Waals surface area contributed by atoms with Gasteiger partial charge in [0.15, 0.2) is 0 Å². The minimum atomic E-state index is -0.986. The van der Waals surface area contributed by atoms with Crippen molar-refractivity contribution in [1.82, 2.24) is 0 Å². The summed E-state index contributed by atoms with van der Waals surface area (Å²) in [5.74, 6) is -0.986. The smallest absolute Gasteiger partial charge is 0.320 e. The van der Waals surface area contributed by atoms with E-state index in [0.29, 0.717) is 6.42 Å². The van der Waals surface area contributed by atoms with Gasteiger partial charge in [-0.05, 0) is 27.7 Å². The van der Waals surface area contributed by atoms with Crippen molar-refractivity contribution in [1.29, 1.82) is 0 Å². The van der Waals surface area contributed by atoms with Crippen LogP contribution in [0.4, 0.5) is 0 Å². The molecule has 0 bridgehead atoms. The monoisotopic (exact) mass is 189 g/mol. The van der Waals surface area contributed by atoms with Crippen LogP contribution in [-0.2, 0) is 9.53 Å². The van der Waals surface area contributed by atoms with E-state index in [2.05, 4.69) is 0 Å². The highest BCUT2D eigenvalue weighted by Gasteiger charge is 2.26. The molecular weight excluding hydrogens is 170 g/mol. The van der Waals surface area contributed by atoms with Crippen LogP contribution in [0.1, 0.15) is 34.1 Å². The lowest BCUT2D eigenvalue weighted by Gasteiger charge is -2.29. The lowest BCUT2D eigenvalue weighted by atomic mass is 9.99. The Labute approximate surface area is 79.1 Å². The molecule has 0 heterocycles. The van der Waals surface area contributed by atoms with Gasteiger partial charge < -0.3 is 15.6 Å². The fraction of sp³-hybridized carbons (Fsp3) is 0.889. The van der Waals surface area contributed by atoms with Crippen molar-refractivity contribution in [2.24, 2.45) is 5.73 Å². The van der Waals surface area contributed by atoms with Crippen LogP contribution in [0.5, 0.6) is 0 Å². The van der Waals surface area contributed by atoms with E-state index in [1.165, 1.54) is 0 Å². The van der Waals surface area contributed by atoms with Gasteiger partial charge in [-0.1, -0.05) is 0 Å². The zero-order valence-electron chi connectivity index (χ0n) is 8.70. The van der Waals surface area contributed by atoms with Crippen LogP contribution < -0.4 is 5.73 Å². The lowest BCUT2D eigenvalue weighted by molar-refractivity contribution is -0.141. The summed E-state index contributed by atoms with van der Waals surface area (Å²) in [6.45, 7) is 7.51. The number of rotatable bonds is 5. The SMILES string of the molecule is CC(C)OC(C)(C)CC(N)C(=O)O. The number of hydrogen-bond donors (Lipinski definition) is 2. The Morgan fingerprint density at radius 1 is 1.54 bits per heavy atom. The summed E-state index contributed by atoms with van der Waals surface area (Å²) >= 11 is 0. The van der Waals surface area contributed by atoms with Gasteiger partial charge in [-0.3, -0.25) is 4.79 Å². The quantitative estimate of drug-likeness (QED) is 0.676. The van der Waals surface area contributed by atoms with E-state index in [4.69, 9.17) is 15.6 Å². The van der Waals surface area contributed by atoms with Gasteiger partial charge in [-0.25, -0.2) is 0 Å². The van der Waals surface area contributed by atoms with E-state index in [1.54, 1.807) is 0 Å². The number of hydrogen-bond acceptors (Lipinski definition) is 3. The van der Waals surface area contributed by atoms with Crippen molar-refractivity contribution in [2.45, 2.75) is 51.9 Å². The maximum Gasteiger partial charge on any atom is 0.320 e. The number of carbonyl (C=O) groups is 1. The second-order valence-electron chi connectivity index (χ2n) is 4.08. The average Bonchev–Trinajstić information content (AvgIpc) is 1.81. The largest absolute Gasteiger partial charge is 0.480 e. The predicted molar refractivity (Wildman–Crippen MR) is 50.5 cm³/mol. The van der Waals surface area contributed by atoms with Gasteiger partial charge in [-0.15, -0.1) is 0 Å². The van der Waals surface area contributed by atoms with Crippen molar-refractivity contribution in [3.63, 3.8) is 0 Å². The fourth-order valence-corrected chi connectivity index (χ4v) is 1.30. The second kappa shape index (κ2) is 4.58. The summed E-state index contributed by atoms with van der Waals surface area (Å²) in [4.78, 5) is 10.5. The molecule has 0 saturated carbocycles. The summed E-state index contributed by atoms with van der Waals surface area (Å²) in [7, 11) is 0. The molecule has 0 spiro atoms. The number of nitrogens with two attached hydrogens (primary N) is 1. The summed E-state index contributed by atoms with van der Waals surface area (Å²) in [6.07, 6.45) is 0.400. The third kappa shape index (κ3) is 5.60. The average molecular weight is 189 g/mol. The highest BCUT2D eigenvalue weighted by Crippen LogP contribution is 2.18. The van der Waals surface area contributed by atoms with E-state index in [1.807, 2.05) is 27.7 Å². The van der Waals surface area contributed by atoms with E-state index in [9.17, 15) is 4.79 Å². The maximum atomic E-state index is 10.5. The summed E-state index contributed by atoms with van der Waals surface area (Å²) in [5.41, 5.74) is 4.92. The van der Waals surface area contributed by atoms with E-state index < -0.39 is 17.6 Å². The van der Waals surface area contributed by atoms with Gasteiger partial charge in [0.05, 0.1) is 11.7 Å². The Morgan fingerprint density at radius 2 is 2.00 bits per heavy atom. The first-order valence-electron chi connectivity index (χ1n) is 4.41. The molecule has 3 N–H and O–H groups in total. The van der Waals surface area contributed by atoms with Gasteiger partial charge in [0.1, 0.15) is 6.04 Å². The maximum absolute atomic E-state index is 10.5. The van der Waals surface area contributed by atoms with Crippen LogP contribution in [0.3, 0.4) is 0 Å². The number of carboxylic acids is 1. The van der Waals surface area contributed by atoms with Crippen LogP contribution in [0.2, 0.25) is 0 Å². The third-order valence-electron chi connectivity index (χ3n) is 1.58. The first-order valence-corrected chi connectivity index (χ1v) is 4.41. The molecule has 0 aliphatic carbocycles. The van der Waals surface area contributed by atoms with Crippen molar-refractivity contribution < 1.29 is 14.6 Å². The molecule has 0 saturated heterocycles. The molecule has 0 aliphatic rings. The minimum Gasteiger partial charge on any atom is -0.480 e. The molecule has 4 heteroatoms. The molecule has 0 aliphatic heterocycles. The molecule has 0 aromatic carbocycles. The highest BCUT2D eigenvalue weighted by atomic mass is 16.5. The third-order valence-corrected chi connectivity index (χ3v) is 1.58. The number of ether oxygens (including phenoxy) is 1. The van der Waals surface area contributed by atoms with Crippen molar-refractivity contribution in [3.05, 3.63) is 0 Å². The molecule has 1 unspecified atom stereocenters. The predicted octanol–water partition coefficient (Wildman–Crippen LogP) is 0.992. The standard InChI is InChI=1S/C9H19NO3/c1-6(2)13-9(3,4)5-7(10)8(11)12/h6-7H,5,10H2,1-4H3,(H,11,12). The normalized spacial score (nSPS) is 14.6. The van der Waals surface area contributed by atoms with Crippen LogP contribution in [0.15, 0.2) is 0 Å². The molecular formula is C9H19NO3. The first-order chi connectivity index (χ1) is 5.74. The van der Waals surface area contributed by atoms with Gasteiger partial charge in [0.25, 0.3) is 0 Å². The summed E-state index contributed by atoms with van der Waals surface area (Å²) < 4.78 is 5.52. The lowest BCUT2D eigenvalue weighted by Crippen LogP contribution is -2.40. The molecule has 4 nitrogen and oxygen atoms in total. The zero-order valence-corrected chi connectivity index (χ0v) is 8.70. The molecule has 13 heavy (non-hydrogen) atoms. The summed E-state index contributed by atoms with van der Waals surface area (Å²) in [6, 6.07) is -0.853. The minimum absolute atomic E-state index is 0.0796. The van der Waals surface area contributed by atoms with Crippen molar-refractivity contribution >= 4 is 5.97 Å². The van der Waals surface area contributed by atoms with Crippen LogP contribution in [0, 0.1) is 0 Å². The zero-order chi connectivity index (χ0) is 10.6. The van der Waals surface area contributed by atoms with E-state index in [-0.39, 0.29) is 6.10 Å². The first kappa shape index (κ1) is 12.4. The van der Waals surface area contributed by atoms with Crippen LogP contribution in [0.25, 0.3) is 0 Å². The van der Waals surface area contributed by atoms with E-state index in [0.717, 1.165) is 0 Å². The highest BCUT2D eigenvalue weighted by molar-refractivity contribution is 5.73. The van der Waals surface area contributed by atoms with Gasteiger partial charge in [-0.2, -0.15) is 0 Å². The fourth-order valence-electron chi connectivity index (χ4n) is 1.30. The van der Waals surface area contributed by atoms with Gasteiger partial charge >= 0.3 is 5.97 Å². The van der Waals surface area contributed by atoms with Crippen molar-refractivity contribution in [3.8, 4) is 0 Å². The van der Waals surface area contributed by atoms with E-state index >= 15 is 0 Å².